The average molecular weight is 452 g/mol. The topological polar surface area (TPSA) is 65.5 Å². The lowest BCUT2D eigenvalue weighted by atomic mass is 10.1. The number of carbonyl (C=O) groups is 1. The Morgan fingerprint density at radius 3 is 2.12 bits per heavy atom. The normalized spacial score (nSPS) is 11.8. The molecule has 0 saturated carbocycles. The first-order chi connectivity index (χ1) is 11.7. The van der Waals surface area contributed by atoms with Gasteiger partial charge in [-0.15, -0.1) is 24.0 Å². The third-order valence-corrected chi connectivity index (χ3v) is 3.62. The van der Waals surface area contributed by atoms with Crippen molar-refractivity contribution in [3.63, 3.8) is 0 Å². The quantitative estimate of drug-likeness (QED) is 0.273. The summed E-state index contributed by atoms with van der Waals surface area (Å²) in [6, 6.07) is 19.5. The molecule has 134 valence electrons. The first-order valence-electron chi connectivity index (χ1n) is 8.06. The van der Waals surface area contributed by atoms with Crippen LogP contribution in [0.2, 0.25) is 0 Å². The maximum absolute atomic E-state index is 11.9. The Morgan fingerprint density at radius 2 is 1.52 bits per heavy atom. The molecule has 0 aromatic heterocycles. The zero-order valence-corrected chi connectivity index (χ0v) is 16.9. The van der Waals surface area contributed by atoms with Gasteiger partial charge < -0.3 is 16.0 Å². The molecule has 2 aromatic carbocycles. The van der Waals surface area contributed by atoms with E-state index in [0.29, 0.717) is 24.6 Å². The predicted octanol–water partition coefficient (Wildman–Crippen LogP) is 2.96. The van der Waals surface area contributed by atoms with Gasteiger partial charge in [-0.3, -0.25) is 9.79 Å². The van der Waals surface area contributed by atoms with Crippen LogP contribution in [-0.4, -0.2) is 32.0 Å². The number of guanidine groups is 1. The summed E-state index contributed by atoms with van der Waals surface area (Å²) in [6.45, 7) is 3.20. The molecule has 5 nitrogen and oxygen atoms in total. The highest BCUT2D eigenvalue weighted by Gasteiger charge is 2.07. The Labute approximate surface area is 166 Å². The number of carbonyl (C=O) groups excluding carboxylic acids is 1. The van der Waals surface area contributed by atoms with Gasteiger partial charge in [-0.25, -0.2) is 0 Å². The first kappa shape index (κ1) is 21.0. The van der Waals surface area contributed by atoms with Gasteiger partial charge in [-0.1, -0.05) is 48.5 Å². The zero-order chi connectivity index (χ0) is 17.2. The highest BCUT2D eigenvalue weighted by Crippen LogP contribution is 2.10. The molecule has 2 rings (SSSR count). The maximum Gasteiger partial charge on any atom is 0.251 e. The number of hydrogen-bond acceptors (Lipinski definition) is 2. The van der Waals surface area contributed by atoms with Gasteiger partial charge in [0.2, 0.25) is 0 Å². The van der Waals surface area contributed by atoms with Gasteiger partial charge in [0, 0.05) is 25.7 Å². The van der Waals surface area contributed by atoms with Gasteiger partial charge in [0.05, 0.1) is 6.04 Å². The van der Waals surface area contributed by atoms with Crippen LogP contribution in [-0.2, 0) is 0 Å². The van der Waals surface area contributed by atoms with Crippen molar-refractivity contribution in [1.82, 2.24) is 16.0 Å². The Bertz CT molecular complexity index is 662. The van der Waals surface area contributed by atoms with E-state index in [0.717, 1.165) is 0 Å². The molecule has 3 N–H and O–H groups in total. The second-order valence-corrected chi connectivity index (χ2v) is 5.40. The van der Waals surface area contributed by atoms with Crippen LogP contribution in [0.15, 0.2) is 65.7 Å². The smallest absolute Gasteiger partial charge is 0.251 e. The third kappa shape index (κ3) is 7.13. The monoisotopic (exact) mass is 452 g/mol. The fourth-order valence-electron chi connectivity index (χ4n) is 2.27. The van der Waals surface area contributed by atoms with Crippen molar-refractivity contribution >= 4 is 35.8 Å². The highest BCUT2D eigenvalue weighted by molar-refractivity contribution is 14.0. The minimum atomic E-state index is -0.0713. The summed E-state index contributed by atoms with van der Waals surface area (Å²) in [6.07, 6.45) is 0. The predicted molar refractivity (Wildman–Crippen MR) is 114 cm³/mol. The van der Waals surface area contributed by atoms with Crippen molar-refractivity contribution in [2.24, 2.45) is 4.99 Å². The van der Waals surface area contributed by atoms with Crippen molar-refractivity contribution in [2.75, 3.05) is 20.1 Å². The molecule has 0 aliphatic carbocycles. The molecular formula is C19H25IN4O. The van der Waals surface area contributed by atoms with E-state index in [1.54, 1.807) is 19.2 Å². The molecule has 0 fully saturated rings. The number of amides is 1. The lowest BCUT2D eigenvalue weighted by molar-refractivity contribution is 0.0954. The van der Waals surface area contributed by atoms with Crippen molar-refractivity contribution < 1.29 is 4.79 Å². The van der Waals surface area contributed by atoms with Gasteiger partial charge in [-0.05, 0) is 24.6 Å². The number of nitrogens with zero attached hydrogens (tertiary/aromatic N) is 1. The van der Waals surface area contributed by atoms with E-state index in [4.69, 9.17) is 0 Å². The largest absolute Gasteiger partial charge is 0.355 e. The lowest BCUT2D eigenvalue weighted by Gasteiger charge is -2.18. The summed E-state index contributed by atoms with van der Waals surface area (Å²) in [5, 5.41) is 9.41. The minimum Gasteiger partial charge on any atom is -0.355 e. The van der Waals surface area contributed by atoms with E-state index in [-0.39, 0.29) is 35.9 Å². The van der Waals surface area contributed by atoms with Crippen LogP contribution in [0.3, 0.4) is 0 Å². The third-order valence-electron chi connectivity index (χ3n) is 3.62. The molecule has 6 heteroatoms. The van der Waals surface area contributed by atoms with Gasteiger partial charge in [-0.2, -0.15) is 0 Å². The molecule has 0 saturated heterocycles. The number of benzene rings is 2. The van der Waals surface area contributed by atoms with Gasteiger partial charge in [0.15, 0.2) is 5.96 Å². The van der Waals surface area contributed by atoms with Crippen molar-refractivity contribution in [3.8, 4) is 0 Å². The summed E-state index contributed by atoms with van der Waals surface area (Å²) >= 11 is 0. The van der Waals surface area contributed by atoms with Crippen LogP contribution in [0.25, 0.3) is 0 Å². The van der Waals surface area contributed by atoms with Gasteiger partial charge in [0.25, 0.3) is 5.91 Å². The van der Waals surface area contributed by atoms with E-state index >= 15 is 0 Å². The fourth-order valence-corrected chi connectivity index (χ4v) is 2.27. The molecule has 0 heterocycles. The van der Waals surface area contributed by atoms with Gasteiger partial charge in [0.1, 0.15) is 0 Å². The highest BCUT2D eigenvalue weighted by atomic mass is 127. The molecule has 1 unspecified atom stereocenters. The standard InChI is InChI=1S/C19H24N4O.HI/c1-15(16-9-5-3-6-10-16)23-19(20-2)22-14-13-21-18(24)17-11-7-4-8-12-17;/h3-12,15H,13-14H2,1-2H3,(H,21,24)(H2,20,22,23);1H. The van der Waals surface area contributed by atoms with Crippen molar-refractivity contribution in [2.45, 2.75) is 13.0 Å². The molecular weight excluding hydrogens is 427 g/mol. The summed E-state index contributed by atoms with van der Waals surface area (Å²) in [4.78, 5) is 16.1. The number of halogens is 1. The number of aliphatic imine (C=N–C) groups is 1. The van der Waals surface area contributed by atoms with E-state index in [2.05, 4.69) is 40.0 Å². The second kappa shape index (κ2) is 11.5. The zero-order valence-electron chi connectivity index (χ0n) is 14.5. The van der Waals surface area contributed by atoms with E-state index < -0.39 is 0 Å². The van der Waals surface area contributed by atoms with E-state index in [1.807, 2.05) is 36.4 Å². The minimum absolute atomic E-state index is 0. The molecule has 0 spiro atoms. The summed E-state index contributed by atoms with van der Waals surface area (Å²) in [5.41, 5.74) is 1.86. The molecule has 0 aliphatic heterocycles. The van der Waals surface area contributed by atoms with Crippen molar-refractivity contribution in [1.29, 1.82) is 0 Å². The Morgan fingerprint density at radius 1 is 0.960 bits per heavy atom. The first-order valence-corrected chi connectivity index (χ1v) is 8.06. The summed E-state index contributed by atoms with van der Waals surface area (Å²) in [7, 11) is 1.73. The van der Waals surface area contributed by atoms with Crippen LogP contribution >= 0.6 is 24.0 Å². The molecule has 1 atom stereocenters. The molecule has 1 amide bonds. The second-order valence-electron chi connectivity index (χ2n) is 5.40. The molecule has 25 heavy (non-hydrogen) atoms. The Kier molecular flexibility index (Phi) is 9.61. The lowest BCUT2D eigenvalue weighted by Crippen LogP contribution is -2.42. The Balaban J connectivity index is 0.00000312. The molecule has 0 bridgehead atoms. The van der Waals surface area contributed by atoms with Crippen LogP contribution < -0.4 is 16.0 Å². The summed E-state index contributed by atoms with van der Waals surface area (Å²) < 4.78 is 0. The maximum atomic E-state index is 11.9. The molecule has 2 aromatic rings. The number of hydrogen-bond donors (Lipinski definition) is 3. The van der Waals surface area contributed by atoms with Crippen LogP contribution in [0.5, 0.6) is 0 Å². The van der Waals surface area contributed by atoms with E-state index in [1.165, 1.54) is 5.56 Å². The van der Waals surface area contributed by atoms with Crippen LogP contribution in [0, 0.1) is 0 Å². The van der Waals surface area contributed by atoms with Gasteiger partial charge >= 0.3 is 0 Å². The fraction of sp³-hybridized carbons (Fsp3) is 0.263. The SMILES string of the molecule is CN=C(NCCNC(=O)c1ccccc1)NC(C)c1ccccc1.I. The number of nitrogens with one attached hydrogen (secondary N) is 3. The molecule has 0 radical (unpaired) electrons. The van der Waals surface area contributed by atoms with Crippen LogP contribution in [0.4, 0.5) is 0 Å². The number of rotatable bonds is 6. The molecule has 0 aliphatic rings. The van der Waals surface area contributed by atoms with Crippen molar-refractivity contribution in [3.05, 3.63) is 71.8 Å². The van der Waals surface area contributed by atoms with Crippen LogP contribution in [0.1, 0.15) is 28.9 Å². The van der Waals surface area contributed by atoms with E-state index in [9.17, 15) is 4.79 Å². The summed E-state index contributed by atoms with van der Waals surface area (Å²) in [5.74, 6) is 0.637. The Hall–Kier alpha value is -2.09. The average Bonchev–Trinajstić information content (AvgIpc) is 2.65.